The smallest absolute Gasteiger partial charge is 0.226 e. The average molecular weight is 473 g/mol. The Morgan fingerprint density at radius 1 is 0.829 bits per heavy atom. The maximum Gasteiger partial charge on any atom is 0.226 e. The van der Waals surface area contributed by atoms with Gasteiger partial charge in [-0.3, -0.25) is 4.79 Å². The lowest BCUT2D eigenvalue weighted by Crippen LogP contribution is -2.45. The van der Waals surface area contributed by atoms with Gasteiger partial charge in [0.1, 0.15) is 5.75 Å². The molecule has 0 N–H and O–H groups in total. The first-order chi connectivity index (χ1) is 17.3. The monoisotopic (exact) mass is 472 g/mol. The van der Waals surface area contributed by atoms with E-state index in [0.29, 0.717) is 11.8 Å². The molecule has 1 amide bonds. The van der Waals surface area contributed by atoms with Crippen molar-refractivity contribution in [2.45, 2.75) is 76.2 Å². The number of nitrogens with zero attached hydrogens (tertiary/aromatic N) is 2. The van der Waals surface area contributed by atoms with Gasteiger partial charge in [-0.1, -0.05) is 61.7 Å². The Hall–Kier alpha value is -2.33. The molecule has 4 aliphatic rings. The van der Waals surface area contributed by atoms with Crippen molar-refractivity contribution >= 4 is 5.91 Å². The molecule has 4 nitrogen and oxygen atoms in total. The van der Waals surface area contributed by atoms with Gasteiger partial charge >= 0.3 is 0 Å². The molecule has 0 spiro atoms. The Morgan fingerprint density at radius 3 is 2.46 bits per heavy atom. The van der Waals surface area contributed by atoms with Crippen molar-refractivity contribution in [2.24, 2.45) is 5.92 Å². The second-order valence-electron chi connectivity index (χ2n) is 11.2. The van der Waals surface area contributed by atoms with Crippen LogP contribution in [-0.2, 0) is 17.6 Å². The van der Waals surface area contributed by atoms with Gasteiger partial charge < -0.3 is 14.5 Å². The van der Waals surface area contributed by atoms with Crippen LogP contribution in [0.15, 0.2) is 42.5 Å². The van der Waals surface area contributed by atoms with Crippen LogP contribution in [0.1, 0.15) is 85.6 Å². The van der Waals surface area contributed by atoms with E-state index in [2.05, 4.69) is 52.3 Å². The predicted molar refractivity (Wildman–Crippen MR) is 140 cm³/mol. The van der Waals surface area contributed by atoms with Crippen molar-refractivity contribution in [1.82, 2.24) is 9.80 Å². The summed E-state index contributed by atoms with van der Waals surface area (Å²) in [6, 6.07) is 15.8. The molecule has 1 unspecified atom stereocenters. The zero-order valence-corrected chi connectivity index (χ0v) is 21.1. The summed E-state index contributed by atoms with van der Waals surface area (Å²) in [6.07, 6.45) is 11.4. The molecule has 4 heteroatoms. The van der Waals surface area contributed by atoms with Gasteiger partial charge in [-0.05, 0) is 79.8 Å². The van der Waals surface area contributed by atoms with E-state index in [1.165, 1.54) is 60.1 Å². The molecular weight excluding hydrogens is 432 g/mol. The van der Waals surface area contributed by atoms with E-state index in [1.54, 1.807) is 0 Å². The number of benzene rings is 2. The number of carbonyl (C=O) groups is 1. The SMILES string of the molecule is O=C(C1CCCCC1)N1CCc2ccccc2C1CCN1CCC(c2cccc3c2OCC3)CC1. The third-order valence-electron chi connectivity index (χ3n) is 9.14. The Balaban J connectivity index is 1.11. The van der Waals surface area contributed by atoms with E-state index >= 15 is 0 Å². The number of fused-ring (bicyclic) bond motifs is 2. The van der Waals surface area contributed by atoms with Gasteiger partial charge in [0.15, 0.2) is 0 Å². The second kappa shape index (κ2) is 10.3. The summed E-state index contributed by atoms with van der Waals surface area (Å²) in [5, 5.41) is 0. The van der Waals surface area contributed by atoms with Gasteiger partial charge in [-0.2, -0.15) is 0 Å². The second-order valence-corrected chi connectivity index (χ2v) is 11.2. The first-order valence-electron chi connectivity index (χ1n) is 14.1. The predicted octanol–water partition coefficient (Wildman–Crippen LogP) is 5.90. The van der Waals surface area contributed by atoms with E-state index in [-0.39, 0.29) is 12.0 Å². The lowest BCUT2D eigenvalue weighted by atomic mass is 9.85. The van der Waals surface area contributed by atoms with Crippen LogP contribution in [0.25, 0.3) is 0 Å². The quantitative estimate of drug-likeness (QED) is 0.543. The van der Waals surface area contributed by atoms with E-state index < -0.39 is 0 Å². The molecule has 3 aliphatic heterocycles. The molecule has 1 saturated heterocycles. The molecule has 6 rings (SSSR count). The third kappa shape index (κ3) is 4.74. The number of carbonyl (C=O) groups excluding carboxylic acids is 1. The molecule has 0 bridgehead atoms. The van der Waals surface area contributed by atoms with Crippen LogP contribution >= 0.6 is 0 Å². The van der Waals surface area contributed by atoms with Crippen LogP contribution in [0.2, 0.25) is 0 Å². The largest absolute Gasteiger partial charge is 0.493 e. The third-order valence-corrected chi connectivity index (χ3v) is 9.14. The maximum absolute atomic E-state index is 13.6. The standard InChI is InChI=1S/C31H40N2O2/c34-31(26-8-2-1-3-9-26)33-21-15-23-7-4-5-11-27(23)29(33)16-20-32-18-13-24(14-19-32)28-12-6-10-25-17-22-35-30(25)28/h4-7,10-12,24,26,29H,1-3,8-9,13-22H2. The first kappa shape index (κ1) is 23.1. The van der Waals surface area contributed by atoms with Crippen LogP contribution in [0.4, 0.5) is 0 Å². The topological polar surface area (TPSA) is 32.8 Å². The molecule has 35 heavy (non-hydrogen) atoms. The molecular formula is C31H40N2O2. The summed E-state index contributed by atoms with van der Waals surface area (Å²) in [6.45, 7) is 5.07. The van der Waals surface area contributed by atoms with Crippen molar-refractivity contribution in [2.75, 3.05) is 32.8 Å². The molecule has 1 saturated carbocycles. The minimum atomic E-state index is 0.234. The fourth-order valence-electron chi connectivity index (χ4n) is 7.15. The highest BCUT2D eigenvalue weighted by atomic mass is 16.5. The van der Waals surface area contributed by atoms with Crippen molar-refractivity contribution in [3.63, 3.8) is 0 Å². The molecule has 1 aliphatic carbocycles. The first-order valence-corrected chi connectivity index (χ1v) is 14.1. The van der Waals surface area contributed by atoms with Crippen LogP contribution in [-0.4, -0.2) is 48.5 Å². The Morgan fingerprint density at radius 2 is 1.60 bits per heavy atom. The van der Waals surface area contributed by atoms with E-state index in [0.717, 1.165) is 64.9 Å². The van der Waals surface area contributed by atoms with E-state index in [4.69, 9.17) is 4.74 Å². The number of piperidine rings is 1. The number of hydrogen-bond donors (Lipinski definition) is 0. The van der Waals surface area contributed by atoms with Crippen molar-refractivity contribution in [3.8, 4) is 5.75 Å². The number of hydrogen-bond acceptors (Lipinski definition) is 3. The van der Waals surface area contributed by atoms with Gasteiger partial charge in [0.2, 0.25) is 5.91 Å². The fourth-order valence-corrected chi connectivity index (χ4v) is 7.15. The summed E-state index contributed by atoms with van der Waals surface area (Å²) >= 11 is 0. The molecule has 2 aromatic rings. The lowest BCUT2D eigenvalue weighted by Gasteiger charge is -2.41. The normalized spacial score (nSPS) is 23.5. The summed E-state index contributed by atoms with van der Waals surface area (Å²) in [5.74, 6) is 2.48. The van der Waals surface area contributed by atoms with Gasteiger partial charge in [-0.25, -0.2) is 0 Å². The van der Waals surface area contributed by atoms with Gasteiger partial charge in [-0.15, -0.1) is 0 Å². The number of para-hydroxylation sites is 1. The highest BCUT2D eigenvalue weighted by Gasteiger charge is 2.35. The average Bonchev–Trinajstić information content (AvgIpc) is 3.41. The summed E-state index contributed by atoms with van der Waals surface area (Å²) in [5.41, 5.74) is 5.67. The van der Waals surface area contributed by atoms with Crippen molar-refractivity contribution in [3.05, 3.63) is 64.7 Å². The Kier molecular flexibility index (Phi) is 6.82. The number of rotatable bonds is 5. The summed E-state index contributed by atoms with van der Waals surface area (Å²) < 4.78 is 6.00. The number of amides is 1. The van der Waals surface area contributed by atoms with E-state index in [1.807, 2.05) is 0 Å². The molecule has 0 radical (unpaired) electrons. The molecule has 2 fully saturated rings. The molecule has 3 heterocycles. The van der Waals surface area contributed by atoms with Gasteiger partial charge in [0, 0.05) is 25.4 Å². The fraction of sp³-hybridized carbons (Fsp3) is 0.581. The molecule has 1 atom stereocenters. The van der Waals surface area contributed by atoms with E-state index in [9.17, 15) is 4.79 Å². The Bertz CT molecular complexity index is 1040. The number of likely N-dealkylation sites (tertiary alicyclic amines) is 1. The molecule has 2 aromatic carbocycles. The van der Waals surface area contributed by atoms with Gasteiger partial charge in [0.25, 0.3) is 0 Å². The zero-order valence-electron chi connectivity index (χ0n) is 21.1. The summed E-state index contributed by atoms with van der Waals surface area (Å²) in [4.78, 5) is 18.5. The van der Waals surface area contributed by atoms with Crippen LogP contribution in [0.5, 0.6) is 5.75 Å². The van der Waals surface area contributed by atoms with Crippen molar-refractivity contribution in [1.29, 1.82) is 0 Å². The van der Waals surface area contributed by atoms with Crippen molar-refractivity contribution < 1.29 is 9.53 Å². The minimum Gasteiger partial charge on any atom is -0.493 e. The van der Waals surface area contributed by atoms with Crippen LogP contribution in [0.3, 0.4) is 0 Å². The lowest BCUT2D eigenvalue weighted by molar-refractivity contribution is -0.139. The molecule has 186 valence electrons. The molecule has 0 aromatic heterocycles. The Labute approximate surface area is 210 Å². The highest BCUT2D eigenvalue weighted by Crippen LogP contribution is 2.40. The van der Waals surface area contributed by atoms with Crippen LogP contribution < -0.4 is 4.74 Å². The minimum absolute atomic E-state index is 0.234. The maximum atomic E-state index is 13.6. The summed E-state index contributed by atoms with van der Waals surface area (Å²) in [7, 11) is 0. The van der Waals surface area contributed by atoms with Gasteiger partial charge in [0.05, 0.1) is 12.6 Å². The van der Waals surface area contributed by atoms with Crippen LogP contribution in [0, 0.1) is 5.92 Å². The number of ether oxygens (including phenoxy) is 1. The highest BCUT2D eigenvalue weighted by molar-refractivity contribution is 5.79. The zero-order chi connectivity index (χ0) is 23.6.